The zero-order valence-corrected chi connectivity index (χ0v) is 28.0. The Hall–Kier alpha value is -6.70. The summed E-state index contributed by atoms with van der Waals surface area (Å²) in [6.07, 6.45) is 4.47. The lowest BCUT2D eigenvalue weighted by Gasteiger charge is -2.27. The van der Waals surface area contributed by atoms with Gasteiger partial charge in [0, 0.05) is 5.69 Å². The molecule has 0 N–H and O–H groups in total. The number of hydrogen-bond acceptors (Lipinski definition) is 1. The average Bonchev–Trinajstić information content (AvgIpc) is 3.37. The molecule has 0 radical (unpaired) electrons. The first-order chi connectivity index (χ1) is 25.3. The number of anilines is 3. The van der Waals surface area contributed by atoms with E-state index in [2.05, 4.69) is 205 Å². The SMILES string of the molecule is C1=Cc2ccc(-c3ccc4c(ccc5cc(-c6cc7ccccc7cc6-c6ccccc6)ccc54)c3)cc2N(c2ccccc2)c2ccccc21. The number of hydrogen-bond donors (Lipinski definition) is 0. The minimum atomic E-state index is 1.15. The van der Waals surface area contributed by atoms with E-state index in [9.17, 15) is 0 Å². The van der Waals surface area contributed by atoms with Crippen LogP contribution in [-0.4, -0.2) is 0 Å². The Morgan fingerprint density at radius 3 is 1.55 bits per heavy atom. The van der Waals surface area contributed by atoms with E-state index in [0.717, 1.165) is 5.69 Å². The maximum atomic E-state index is 2.39. The molecular weight excluding hydrogens is 615 g/mol. The van der Waals surface area contributed by atoms with Gasteiger partial charge in [-0.3, -0.25) is 0 Å². The van der Waals surface area contributed by atoms with Gasteiger partial charge in [0.1, 0.15) is 0 Å². The van der Waals surface area contributed by atoms with Crippen LogP contribution in [0.25, 0.3) is 77.9 Å². The van der Waals surface area contributed by atoms with Gasteiger partial charge in [-0.25, -0.2) is 0 Å². The standard InChI is InChI=1S/C50H33N/c1-3-11-34(12-4-1)47-31-37-14-7-8-15-38(37)32-48(47)43-26-28-46-42(30-43)24-23-41-29-39(25-27-45(41)46)40-22-21-36-20-19-35-13-9-10-18-49(35)51(50(36)33-40)44-16-5-2-6-17-44/h1-33H. The number of rotatable bonds is 4. The molecule has 1 heterocycles. The molecule has 0 saturated heterocycles. The third-order valence-corrected chi connectivity index (χ3v) is 10.4. The fourth-order valence-electron chi connectivity index (χ4n) is 7.81. The molecule has 0 amide bonds. The normalized spacial score (nSPS) is 12.2. The van der Waals surface area contributed by atoms with Gasteiger partial charge < -0.3 is 4.90 Å². The summed E-state index contributed by atoms with van der Waals surface area (Å²) in [5.41, 5.74) is 13.3. The highest BCUT2D eigenvalue weighted by atomic mass is 15.1. The van der Waals surface area contributed by atoms with Gasteiger partial charge in [-0.05, 0) is 125 Å². The largest absolute Gasteiger partial charge is 0.309 e. The summed E-state index contributed by atoms with van der Waals surface area (Å²) < 4.78 is 0. The first-order valence-electron chi connectivity index (χ1n) is 17.6. The third kappa shape index (κ3) is 5.10. The lowest BCUT2D eigenvalue weighted by Crippen LogP contribution is -2.11. The minimum Gasteiger partial charge on any atom is -0.309 e. The van der Waals surface area contributed by atoms with Crippen molar-refractivity contribution in [3.8, 4) is 33.4 Å². The quantitative estimate of drug-likeness (QED) is 0.172. The second-order valence-corrected chi connectivity index (χ2v) is 13.4. The Kier molecular flexibility index (Phi) is 6.89. The summed E-state index contributed by atoms with van der Waals surface area (Å²) in [5, 5.41) is 7.53. The Morgan fingerprint density at radius 1 is 0.294 bits per heavy atom. The van der Waals surface area contributed by atoms with Gasteiger partial charge in [0.05, 0.1) is 11.4 Å². The Labute approximate surface area is 298 Å². The molecule has 10 rings (SSSR count). The van der Waals surface area contributed by atoms with Gasteiger partial charge in [0.2, 0.25) is 0 Å². The van der Waals surface area contributed by atoms with Crippen molar-refractivity contribution in [1.29, 1.82) is 0 Å². The molecule has 51 heavy (non-hydrogen) atoms. The second-order valence-electron chi connectivity index (χ2n) is 13.4. The molecule has 1 aliphatic heterocycles. The number of fused-ring (bicyclic) bond motifs is 6. The van der Waals surface area contributed by atoms with E-state index < -0.39 is 0 Å². The molecule has 0 fully saturated rings. The van der Waals surface area contributed by atoms with Gasteiger partial charge in [0.25, 0.3) is 0 Å². The number of para-hydroxylation sites is 2. The Balaban J connectivity index is 1.07. The molecule has 0 aliphatic carbocycles. The molecule has 0 aromatic heterocycles. The van der Waals surface area contributed by atoms with Gasteiger partial charge in [-0.15, -0.1) is 0 Å². The molecular formula is C50H33N. The van der Waals surface area contributed by atoms with E-state index in [1.165, 1.54) is 88.2 Å². The molecule has 0 spiro atoms. The van der Waals surface area contributed by atoms with Gasteiger partial charge in [-0.1, -0.05) is 152 Å². The van der Waals surface area contributed by atoms with Crippen LogP contribution in [0, 0.1) is 0 Å². The number of nitrogens with zero attached hydrogens (tertiary/aromatic N) is 1. The third-order valence-electron chi connectivity index (χ3n) is 10.4. The lowest BCUT2D eigenvalue weighted by molar-refractivity contribution is 1.28. The van der Waals surface area contributed by atoms with Gasteiger partial charge in [-0.2, -0.15) is 0 Å². The first kappa shape index (κ1) is 29.2. The van der Waals surface area contributed by atoms with Crippen molar-refractivity contribution in [3.05, 3.63) is 199 Å². The van der Waals surface area contributed by atoms with Crippen molar-refractivity contribution in [1.82, 2.24) is 0 Å². The van der Waals surface area contributed by atoms with Crippen molar-refractivity contribution in [2.75, 3.05) is 4.90 Å². The maximum absolute atomic E-state index is 2.39. The Morgan fingerprint density at radius 2 is 0.824 bits per heavy atom. The predicted molar refractivity (Wildman–Crippen MR) is 219 cm³/mol. The highest BCUT2D eigenvalue weighted by molar-refractivity contribution is 6.10. The van der Waals surface area contributed by atoms with Crippen LogP contribution in [0.15, 0.2) is 188 Å². The fourth-order valence-corrected chi connectivity index (χ4v) is 7.81. The predicted octanol–water partition coefficient (Wildman–Crippen LogP) is 14.1. The number of benzene rings is 9. The molecule has 1 heteroatoms. The first-order valence-corrected chi connectivity index (χ1v) is 17.6. The van der Waals surface area contributed by atoms with Crippen LogP contribution < -0.4 is 4.90 Å². The summed E-state index contributed by atoms with van der Waals surface area (Å²) in [4.78, 5) is 2.39. The van der Waals surface area contributed by atoms with Crippen LogP contribution in [0.4, 0.5) is 17.1 Å². The molecule has 0 bridgehead atoms. The molecule has 0 unspecified atom stereocenters. The van der Waals surface area contributed by atoms with E-state index in [1.807, 2.05) is 0 Å². The lowest BCUT2D eigenvalue weighted by atomic mass is 9.90. The molecule has 0 saturated carbocycles. The van der Waals surface area contributed by atoms with Crippen molar-refractivity contribution >= 4 is 61.5 Å². The van der Waals surface area contributed by atoms with Crippen LogP contribution >= 0.6 is 0 Å². The van der Waals surface area contributed by atoms with Crippen LogP contribution in [-0.2, 0) is 0 Å². The van der Waals surface area contributed by atoms with Crippen LogP contribution in [0.2, 0.25) is 0 Å². The van der Waals surface area contributed by atoms with Crippen LogP contribution in [0.3, 0.4) is 0 Å². The average molecular weight is 648 g/mol. The molecule has 9 aromatic rings. The van der Waals surface area contributed by atoms with E-state index >= 15 is 0 Å². The fraction of sp³-hybridized carbons (Fsp3) is 0. The summed E-state index contributed by atoms with van der Waals surface area (Å²) in [6.45, 7) is 0. The highest BCUT2D eigenvalue weighted by Crippen LogP contribution is 2.44. The molecule has 238 valence electrons. The van der Waals surface area contributed by atoms with E-state index in [1.54, 1.807) is 0 Å². The van der Waals surface area contributed by atoms with Crippen molar-refractivity contribution < 1.29 is 0 Å². The zero-order valence-electron chi connectivity index (χ0n) is 28.0. The maximum Gasteiger partial charge on any atom is 0.0540 e. The van der Waals surface area contributed by atoms with Crippen molar-refractivity contribution in [2.45, 2.75) is 0 Å². The van der Waals surface area contributed by atoms with Gasteiger partial charge >= 0.3 is 0 Å². The second kappa shape index (κ2) is 12.0. The van der Waals surface area contributed by atoms with E-state index in [4.69, 9.17) is 0 Å². The monoisotopic (exact) mass is 647 g/mol. The molecule has 1 aliphatic rings. The Bertz CT molecular complexity index is 2790. The summed E-state index contributed by atoms with van der Waals surface area (Å²) in [5.74, 6) is 0. The van der Waals surface area contributed by atoms with Crippen LogP contribution in [0.5, 0.6) is 0 Å². The van der Waals surface area contributed by atoms with E-state index in [0.29, 0.717) is 0 Å². The zero-order chi connectivity index (χ0) is 33.7. The van der Waals surface area contributed by atoms with Crippen molar-refractivity contribution in [3.63, 3.8) is 0 Å². The molecule has 9 aromatic carbocycles. The smallest absolute Gasteiger partial charge is 0.0540 e. The summed E-state index contributed by atoms with van der Waals surface area (Å²) in [6, 6.07) is 68.7. The topological polar surface area (TPSA) is 3.24 Å². The van der Waals surface area contributed by atoms with Gasteiger partial charge in [0.15, 0.2) is 0 Å². The van der Waals surface area contributed by atoms with Crippen molar-refractivity contribution in [2.24, 2.45) is 0 Å². The van der Waals surface area contributed by atoms with E-state index in [-0.39, 0.29) is 0 Å². The summed E-state index contributed by atoms with van der Waals surface area (Å²) >= 11 is 0. The van der Waals surface area contributed by atoms with Crippen LogP contribution in [0.1, 0.15) is 11.1 Å². The minimum absolute atomic E-state index is 1.15. The highest BCUT2D eigenvalue weighted by Gasteiger charge is 2.20. The summed E-state index contributed by atoms with van der Waals surface area (Å²) in [7, 11) is 0. The molecule has 0 atom stereocenters. The molecule has 1 nitrogen and oxygen atoms in total.